The molecule has 0 aliphatic rings. The fourth-order valence-corrected chi connectivity index (χ4v) is 3.58. The largest absolute Gasteiger partial charge is 0.497 e. The van der Waals surface area contributed by atoms with Gasteiger partial charge in [0, 0.05) is 12.6 Å². The molecule has 0 saturated carbocycles. The number of ether oxygens (including phenoxy) is 2. The highest BCUT2D eigenvalue weighted by Crippen LogP contribution is 2.26. The van der Waals surface area contributed by atoms with Crippen molar-refractivity contribution in [3.8, 4) is 11.5 Å². The van der Waals surface area contributed by atoms with Crippen LogP contribution < -0.4 is 14.8 Å². The quantitative estimate of drug-likeness (QED) is 0.557. The molecular formula is C26H36N2O4. The Morgan fingerprint density at radius 2 is 1.75 bits per heavy atom. The third-order valence-corrected chi connectivity index (χ3v) is 5.20. The lowest BCUT2D eigenvalue weighted by Crippen LogP contribution is -2.51. The summed E-state index contributed by atoms with van der Waals surface area (Å²) in [5.41, 5.74) is 1.93. The molecule has 2 aromatic rings. The van der Waals surface area contributed by atoms with Crippen molar-refractivity contribution < 1.29 is 19.1 Å². The molecule has 1 atom stereocenters. The average molecular weight is 441 g/mol. The smallest absolute Gasteiger partial charge is 0.261 e. The maximum atomic E-state index is 13.3. The lowest BCUT2D eigenvalue weighted by molar-refractivity contribution is -0.143. The first-order valence-electron chi connectivity index (χ1n) is 11.2. The number of rotatable bonds is 11. The van der Waals surface area contributed by atoms with Crippen molar-refractivity contribution in [3.05, 3.63) is 59.7 Å². The van der Waals surface area contributed by atoms with E-state index in [2.05, 4.69) is 19.2 Å². The van der Waals surface area contributed by atoms with Crippen LogP contribution in [0.4, 0.5) is 0 Å². The molecular weight excluding hydrogens is 404 g/mol. The van der Waals surface area contributed by atoms with E-state index in [1.54, 1.807) is 12.0 Å². The van der Waals surface area contributed by atoms with Crippen molar-refractivity contribution in [2.24, 2.45) is 0 Å². The molecule has 0 saturated heterocycles. The minimum Gasteiger partial charge on any atom is -0.497 e. The van der Waals surface area contributed by atoms with E-state index in [4.69, 9.17) is 9.47 Å². The number of carbonyl (C=O) groups excluding carboxylic acids is 2. The summed E-state index contributed by atoms with van der Waals surface area (Å²) in [4.78, 5) is 27.8. The van der Waals surface area contributed by atoms with Gasteiger partial charge in [-0.3, -0.25) is 9.59 Å². The number of methoxy groups -OCH3 is 1. The fourth-order valence-electron chi connectivity index (χ4n) is 3.58. The van der Waals surface area contributed by atoms with Crippen LogP contribution in [0.3, 0.4) is 0 Å². The number of nitrogens with zero attached hydrogens (tertiary/aromatic N) is 1. The van der Waals surface area contributed by atoms with Gasteiger partial charge in [-0.1, -0.05) is 51.1 Å². The van der Waals surface area contributed by atoms with Gasteiger partial charge in [-0.05, 0) is 55.5 Å². The van der Waals surface area contributed by atoms with E-state index in [-0.39, 0.29) is 36.9 Å². The zero-order valence-corrected chi connectivity index (χ0v) is 20.1. The number of nitrogens with one attached hydrogen (secondary N) is 1. The topological polar surface area (TPSA) is 67.9 Å². The van der Waals surface area contributed by atoms with Crippen molar-refractivity contribution in [2.75, 3.05) is 13.7 Å². The first-order valence-corrected chi connectivity index (χ1v) is 11.2. The second kappa shape index (κ2) is 12.1. The van der Waals surface area contributed by atoms with E-state index in [1.807, 2.05) is 69.3 Å². The molecule has 2 aromatic carbocycles. The van der Waals surface area contributed by atoms with Gasteiger partial charge < -0.3 is 19.7 Å². The Labute approximate surface area is 191 Å². The lowest BCUT2D eigenvalue weighted by atomic mass is 10.0. The van der Waals surface area contributed by atoms with E-state index in [1.165, 1.54) is 0 Å². The van der Waals surface area contributed by atoms with E-state index in [0.717, 1.165) is 11.1 Å². The highest BCUT2D eigenvalue weighted by molar-refractivity contribution is 5.88. The molecule has 0 aromatic heterocycles. The normalized spacial score (nSPS) is 11.9. The summed E-state index contributed by atoms with van der Waals surface area (Å²) in [5.74, 6) is 1.27. The molecule has 174 valence electrons. The molecule has 6 nitrogen and oxygen atoms in total. The highest BCUT2D eigenvalue weighted by atomic mass is 16.5. The maximum absolute atomic E-state index is 13.3. The van der Waals surface area contributed by atoms with Crippen LogP contribution in [-0.4, -0.2) is 42.5 Å². The lowest BCUT2D eigenvalue weighted by Gasteiger charge is -2.31. The van der Waals surface area contributed by atoms with Crippen LogP contribution in [-0.2, 0) is 16.1 Å². The van der Waals surface area contributed by atoms with Crippen LogP contribution in [0.25, 0.3) is 0 Å². The molecule has 0 radical (unpaired) electrons. The van der Waals surface area contributed by atoms with Gasteiger partial charge in [0.25, 0.3) is 5.91 Å². The molecule has 0 heterocycles. The van der Waals surface area contributed by atoms with Gasteiger partial charge >= 0.3 is 0 Å². The van der Waals surface area contributed by atoms with Gasteiger partial charge in [0.05, 0.1) is 7.11 Å². The standard InChI is InChI=1S/C26H36N2O4/c1-7-23(26(30)27-19(4)5)28(16-20-11-10-12-21(15-20)31-6)25(29)17-32-24-14-9-8-13-22(24)18(2)3/h8-15,18-19,23H,7,16-17H2,1-6H3,(H,27,30)/t23-/m0/s1. The Bertz CT molecular complexity index is 895. The summed E-state index contributed by atoms with van der Waals surface area (Å²) in [6.45, 7) is 10.0. The molecule has 1 N–H and O–H groups in total. The van der Waals surface area contributed by atoms with E-state index >= 15 is 0 Å². The summed E-state index contributed by atoms with van der Waals surface area (Å²) < 4.78 is 11.2. The van der Waals surface area contributed by atoms with Gasteiger partial charge in [-0.25, -0.2) is 0 Å². The summed E-state index contributed by atoms with van der Waals surface area (Å²) in [5, 5.41) is 2.94. The number of para-hydroxylation sites is 1. The Hall–Kier alpha value is -3.02. The van der Waals surface area contributed by atoms with Crippen LogP contribution in [0, 0.1) is 0 Å². The zero-order chi connectivity index (χ0) is 23.7. The number of amides is 2. The minimum atomic E-state index is -0.597. The molecule has 0 spiro atoms. The third-order valence-electron chi connectivity index (χ3n) is 5.20. The average Bonchev–Trinajstić information content (AvgIpc) is 2.77. The third kappa shape index (κ3) is 7.01. The number of benzene rings is 2. The highest BCUT2D eigenvalue weighted by Gasteiger charge is 2.29. The van der Waals surface area contributed by atoms with Crippen molar-refractivity contribution in [1.29, 1.82) is 0 Å². The van der Waals surface area contributed by atoms with Gasteiger partial charge in [0.1, 0.15) is 17.5 Å². The molecule has 0 fully saturated rings. The Morgan fingerprint density at radius 1 is 1.03 bits per heavy atom. The van der Waals surface area contributed by atoms with E-state index in [9.17, 15) is 9.59 Å². The van der Waals surface area contributed by atoms with Crippen LogP contribution in [0.15, 0.2) is 48.5 Å². The number of carbonyl (C=O) groups is 2. The van der Waals surface area contributed by atoms with Crippen LogP contribution in [0.1, 0.15) is 58.1 Å². The van der Waals surface area contributed by atoms with Gasteiger partial charge in [0.2, 0.25) is 5.91 Å². The van der Waals surface area contributed by atoms with Crippen molar-refractivity contribution in [3.63, 3.8) is 0 Å². The van der Waals surface area contributed by atoms with Gasteiger partial charge in [0.15, 0.2) is 6.61 Å². The first kappa shape index (κ1) is 25.2. The minimum absolute atomic E-state index is 0.0144. The van der Waals surface area contributed by atoms with E-state index < -0.39 is 6.04 Å². The summed E-state index contributed by atoms with van der Waals surface area (Å²) >= 11 is 0. The van der Waals surface area contributed by atoms with Crippen molar-refractivity contribution in [2.45, 2.75) is 65.6 Å². The molecule has 0 aliphatic carbocycles. The monoisotopic (exact) mass is 440 g/mol. The Morgan fingerprint density at radius 3 is 2.38 bits per heavy atom. The second-order valence-corrected chi connectivity index (χ2v) is 8.44. The summed E-state index contributed by atoms with van der Waals surface area (Å²) in [6, 6.07) is 14.6. The maximum Gasteiger partial charge on any atom is 0.261 e. The number of hydrogen-bond donors (Lipinski definition) is 1. The van der Waals surface area contributed by atoms with Gasteiger partial charge in [-0.2, -0.15) is 0 Å². The predicted octanol–water partition coefficient (Wildman–Crippen LogP) is 4.53. The Balaban J connectivity index is 2.27. The fraction of sp³-hybridized carbons (Fsp3) is 0.462. The summed E-state index contributed by atoms with van der Waals surface area (Å²) in [7, 11) is 1.60. The molecule has 2 amide bonds. The molecule has 6 heteroatoms. The van der Waals surface area contributed by atoms with Crippen molar-refractivity contribution in [1.82, 2.24) is 10.2 Å². The Kier molecular flexibility index (Phi) is 9.57. The number of hydrogen-bond acceptors (Lipinski definition) is 4. The predicted molar refractivity (Wildman–Crippen MR) is 127 cm³/mol. The molecule has 0 aliphatic heterocycles. The first-order chi connectivity index (χ1) is 15.3. The second-order valence-electron chi connectivity index (χ2n) is 8.44. The SMILES string of the molecule is CC[C@@H](C(=O)NC(C)C)N(Cc1cccc(OC)c1)C(=O)COc1ccccc1C(C)C. The van der Waals surface area contributed by atoms with Crippen molar-refractivity contribution >= 4 is 11.8 Å². The molecule has 32 heavy (non-hydrogen) atoms. The van der Waals surface area contributed by atoms with Gasteiger partial charge in [-0.15, -0.1) is 0 Å². The molecule has 0 bridgehead atoms. The summed E-state index contributed by atoms with van der Waals surface area (Å²) in [6.07, 6.45) is 0.497. The van der Waals surface area contributed by atoms with E-state index in [0.29, 0.717) is 17.9 Å². The van der Waals surface area contributed by atoms with Crippen LogP contribution >= 0.6 is 0 Å². The molecule has 0 unspecified atom stereocenters. The zero-order valence-electron chi connectivity index (χ0n) is 20.1. The van der Waals surface area contributed by atoms with Crippen LogP contribution in [0.5, 0.6) is 11.5 Å². The molecule has 2 rings (SSSR count). The van der Waals surface area contributed by atoms with Crippen LogP contribution in [0.2, 0.25) is 0 Å².